The van der Waals surface area contributed by atoms with E-state index in [-0.39, 0.29) is 18.1 Å². The van der Waals surface area contributed by atoms with E-state index in [1.807, 2.05) is 30.3 Å². The molecule has 0 amide bonds. The number of hydrogen-bond acceptors (Lipinski definition) is 5. The van der Waals surface area contributed by atoms with Gasteiger partial charge in [0.05, 0.1) is 5.56 Å². The Kier molecular flexibility index (Phi) is 4.47. The summed E-state index contributed by atoms with van der Waals surface area (Å²) >= 11 is 3.12. The van der Waals surface area contributed by atoms with Gasteiger partial charge in [0.25, 0.3) is 5.89 Å². The van der Waals surface area contributed by atoms with Crippen LogP contribution >= 0.6 is 15.9 Å². The molecule has 0 unspecified atom stereocenters. The molecule has 0 N–H and O–H groups in total. The minimum atomic E-state index is -0.615. The van der Waals surface area contributed by atoms with E-state index in [0.717, 1.165) is 5.56 Å². The molecule has 5 nitrogen and oxygen atoms in total. The number of carbonyl (C=O) groups is 1. The van der Waals surface area contributed by atoms with E-state index in [1.165, 1.54) is 18.2 Å². The Bertz CT molecular complexity index is 836. The van der Waals surface area contributed by atoms with Crippen molar-refractivity contribution in [1.82, 2.24) is 10.1 Å². The standard InChI is InChI=1S/C16H10BrFN2O3/c17-13-8-11(18)6-7-12(13)16(21)22-9-14-19-15(20-23-14)10-4-2-1-3-5-10/h1-8H,9H2. The minimum Gasteiger partial charge on any atom is -0.452 e. The normalized spacial score (nSPS) is 10.5. The molecule has 2 aromatic carbocycles. The second-order valence-electron chi connectivity index (χ2n) is 4.58. The molecule has 0 atom stereocenters. The molecule has 7 heteroatoms. The van der Waals surface area contributed by atoms with E-state index in [9.17, 15) is 9.18 Å². The zero-order valence-corrected chi connectivity index (χ0v) is 13.3. The van der Waals surface area contributed by atoms with Gasteiger partial charge in [-0.15, -0.1) is 0 Å². The highest BCUT2D eigenvalue weighted by Gasteiger charge is 2.15. The lowest BCUT2D eigenvalue weighted by atomic mass is 10.2. The molecular weight excluding hydrogens is 367 g/mol. The molecule has 3 rings (SSSR count). The van der Waals surface area contributed by atoms with Gasteiger partial charge >= 0.3 is 5.97 Å². The summed E-state index contributed by atoms with van der Waals surface area (Å²) in [6.45, 7) is -0.164. The summed E-state index contributed by atoms with van der Waals surface area (Å²) in [5, 5.41) is 3.83. The number of halogens is 2. The Labute approximate surface area is 139 Å². The third kappa shape index (κ3) is 3.62. The van der Waals surface area contributed by atoms with Crippen LogP contribution in [0.25, 0.3) is 11.4 Å². The number of nitrogens with zero attached hydrogens (tertiary/aromatic N) is 2. The lowest BCUT2D eigenvalue weighted by Crippen LogP contribution is -2.06. The van der Waals surface area contributed by atoms with Crippen LogP contribution in [-0.2, 0) is 11.3 Å². The number of benzene rings is 2. The Balaban J connectivity index is 1.67. The SMILES string of the molecule is O=C(OCc1nc(-c2ccccc2)no1)c1ccc(F)cc1Br. The lowest BCUT2D eigenvalue weighted by molar-refractivity contribution is 0.0428. The Morgan fingerprint density at radius 3 is 2.74 bits per heavy atom. The number of carbonyl (C=O) groups excluding carboxylic acids is 1. The second kappa shape index (κ2) is 6.70. The van der Waals surface area contributed by atoms with Crippen LogP contribution in [0.3, 0.4) is 0 Å². The van der Waals surface area contributed by atoms with E-state index in [4.69, 9.17) is 9.26 Å². The molecule has 0 saturated carbocycles. The van der Waals surface area contributed by atoms with Crippen LogP contribution in [0.15, 0.2) is 57.5 Å². The zero-order valence-electron chi connectivity index (χ0n) is 11.7. The van der Waals surface area contributed by atoms with Crippen LogP contribution < -0.4 is 0 Å². The molecule has 116 valence electrons. The van der Waals surface area contributed by atoms with Gasteiger partial charge in [0, 0.05) is 10.0 Å². The maximum Gasteiger partial charge on any atom is 0.339 e. The number of aromatic nitrogens is 2. The number of rotatable bonds is 4. The first kappa shape index (κ1) is 15.4. The van der Waals surface area contributed by atoms with Gasteiger partial charge in [-0.2, -0.15) is 4.98 Å². The van der Waals surface area contributed by atoms with Crippen molar-refractivity contribution in [3.8, 4) is 11.4 Å². The van der Waals surface area contributed by atoms with Gasteiger partial charge in [-0.25, -0.2) is 9.18 Å². The molecule has 0 spiro atoms. The van der Waals surface area contributed by atoms with E-state index in [2.05, 4.69) is 26.1 Å². The predicted molar refractivity (Wildman–Crippen MR) is 83.0 cm³/mol. The number of ether oxygens (including phenoxy) is 1. The molecule has 0 aliphatic carbocycles. The molecule has 0 fully saturated rings. The monoisotopic (exact) mass is 376 g/mol. The van der Waals surface area contributed by atoms with Gasteiger partial charge in [-0.1, -0.05) is 35.5 Å². The van der Waals surface area contributed by atoms with Crippen molar-refractivity contribution in [2.75, 3.05) is 0 Å². The average molecular weight is 377 g/mol. The van der Waals surface area contributed by atoms with Gasteiger partial charge in [0.15, 0.2) is 6.61 Å². The number of hydrogen-bond donors (Lipinski definition) is 0. The summed E-state index contributed by atoms with van der Waals surface area (Å²) in [4.78, 5) is 16.1. The molecule has 1 aromatic heterocycles. The molecule has 0 saturated heterocycles. The van der Waals surface area contributed by atoms with E-state index in [0.29, 0.717) is 10.3 Å². The Hall–Kier alpha value is -2.54. The molecule has 1 heterocycles. The summed E-state index contributed by atoms with van der Waals surface area (Å²) in [7, 11) is 0. The van der Waals surface area contributed by atoms with Gasteiger partial charge in [0.1, 0.15) is 5.82 Å². The molecular formula is C16H10BrFN2O3. The molecule has 3 aromatic rings. The minimum absolute atomic E-state index is 0.164. The molecule has 0 radical (unpaired) electrons. The van der Waals surface area contributed by atoms with Gasteiger partial charge < -0.3 is 9.26 Å². The summed E-state index contributed by atoms with van der Waals surface area (Å²) < 4.78 is 23.5. The van der Waals surface area contributed by atoms with Crippen LogP contribution in [0.5, 0.6) is 0 Å². The molecule has 23 heavy (non-hydrogen) atoms. The fraction of sp³-hybridized carbons (Fsp3) is 0.0625. The zero-order chi connectivity index (χ0) is 16.2. The highest BCUT2D eigenvalue weighted by molar-refractivity contribution is 9.10. The molecule has 0 aliphatic heterocycles. The van der Waals surface area contributed by atoms with Crippen LogP contribution in [0.1, 0.15) is 16.2 Å². The molecule has 0 bridgehead atoms. The smallest absolute Gasteiger partial charge is 0.339 e. The van der Waals surface area contributed by atoms with E-state index < -0.39 is 11.8 Å². The van der Waals surface area contributed by atoms with Crippen LogP contribution in [0, 0.1) is 5.82 Å². The molecule has 0 aliphatic rings. The first-order valence-electron chi connectivity index (χ1n) is 6.63. The van der Waals surface area contributed by atoms with Gasteiger partial charge in [0.2, 0.25) is 5.82 Å². The highest BCUT2D eigenvalue weighted by atomic mass is 79.9. The van der Waals surface area contributed by atoms with Gasteiger partial charge in [-0.05, 0) is 34.1 Å². The van der Waals surface area contributed by atoms with Crippen molar-refractivity contribution in [3.63, 3.8) is 0 Å². The van der Waals surface area contributed by atoms with E-state index >= 15 is 0 Å². The maximum absolute atomic E-state index is 13.0. The third-order valence-corrected chi connectivity index (χ3v) is 3.63. The lowest BCUT2D eigenvalue weighted by Gasteiger charge is -2.04. The fourth-order valence-electron chi connectivity index (χ4n) is 1.88. The second-order valence-corrected chi connectivity index (χ2v) is 5.43. The quantitative estimate of drug-likeness (QED) is 0.644. The Morgan fingerprint density at radius 1 is 1.22 bits per heavy atom. The van der Waals surface area contributed by atoms with Crippen LogP contribution in [-0.4, -0.2) is 16.1 Å². The fourth-order valence-corrected chi connectivity index (χ4v) is 2.39. The van der Waals surface area contributed by atoms with Crippen molar-refractivity contribution in [2.24, 2.45) is 0 Å². The first-order valence-corrected chi connectivity index (χ1v) is 7.43. The predicted octanol–water partition coefficient (Wildman–Crippen LogP) is 4.00. The summed E-state index contributed by atoms with van der Waals surface area (Å²) in [6, 6.07) is 13.0. The third-order valence-electron chi connectivity index (χ3n) is 2.98. The first-order chi connectivity index (χ1) is 11.1. The van der Waals surface area contributed by atoms with Crippen molar-refractivity contribution in [1.29, 1.82) is 0 Å². The van der Waals surface area contributed by atoms with Crippen molar-refractivity contribution >= 4 is 21.9 Å². The van der Waals surface area contributed by atoms with Gasteiger partial charge in [-0.3, -0.25) is 0 Å². The maximum atomic E-state index is 13.0. The summed E-state index contributed by atoms with van der Waals surface area (Å²) in [5.74, 6) is -0.468. The topological polar surface area (TPSA) is 65.2 Å². The number of esters is 1. The van der Waals surface area contributed by atoms with Crippen LogP contribution in [0.4, 0.5) is 4.39 Å². The van der Waals surface area contributed by atoms with E-state index in [1.54, 1.807) is 0 Å². The van der Waals surface area contributed by atoms with Crippen molar-refractivity contribution < 1.29 is 18.4 Å². The van der Waals surface area contributed by atoms with Crippen molar-refractivity contribution in [2.45, 2.75) is 6.61 Å². The Morgan fingerprint density at radius 2 is 2.00 bits per heavy atom. The largest absolute Gasteiger partial charge is 0.452 e. The summed E-state index contributed by atoms with van der Waals surface area (Å²) in [6.07, 6.45) is 0. The summed E-state index contributed by atoms with van der Waals surface area (Å²) in [5.41, 5.74) is 1.02. The average Bonchev–Trinajstić information content (AvgIpc) is 3.02. The van der Waals surface area contributed by atoms with Crippen molar-refractivity contribution in [3.05, 3.63) is 70.3 Å². The van der Waals surface area contributed by atoms with Crippen LogP contribution in [0.2, 0.25) is 0 Å². The highest BCUT2D eigenvalue weighted by Crippen LogP contribution is 2.20.